The second-order valence-electron chi connectivity index (χ2n) is 4.85. The molecule has 1 aromatic rings. The van der Waals surface area contributed by atoms with Gasteiger partial charge in [0.2, 0.25) is 0 Å². The summed E-state index contributed by atoms with van der Waals surface area (Å²) >= 11 is 0. The van der Waals surface area contributed by atoms with Crippen LogP contribution < -0.4 is 11.1 Å². The van der Waals surface area contributed by atoms with E-state index in [9.17, 15) is 9.18 Å². The second-order valence-corrected chi connectivity index (χ2v) is 4.85. The van der Waals surface area contributed by atoms with Crippen molar-refractivity contribution in [3.8, 4) is 0 Å². The van der Waals surface area contributed by atoms with Crippen LogP contribution in [-0.4, -0.2) is 12.5 Å². The molecule has 102 valence electrons. The van der Waals surface area contributed by atoms with Crippen molar-refractivity contribution in [3.63, 3.8) is 0 Å². The second kappa shape index (κ2) is 6.36. The number of nitrogens with two attached hydrogens (primary N) is 1. The van der Waals surface area contributed by atoms with Crippen molar-refractivity contribution >= 4 is 11.6 Å². The molecule has 0 saturated heterocycles. The van der Waals surface area contributed by atoms with E-state index in [0.29, 0.717) is 12.1 Å². The number of hydrogen-bond acceptors (Lipinski definition) is 2. The molecule has 1 amide bonds. The predicted octanol–water partition coefficient (Wildman–Crippen LogP) is 3.03. The van der Waals surface area contributed by atoms with Gasteiger partial charge >= 0.3 is 0 Å². The van der Waals surface area contributed by atoms with Crippen molar-refractivity contribution < 1.29 is 9.18 Å². The van der Waals surface area contributed by atoms with Gasteiger partial charge in [0, 0.05) is 12.1 Å². The fourth-order valence-corrected chi connectivity index (χ4v) is 2.26. The van der Waals surface area contributed by atoms with Gasteiger partial charge in [-0.3, -0.25) is 4.79 Å². The van der Waals surface area contributed by atoms with Crippen LogP contribution in [0.3, 0.4) is 0 Å². The van der Waals surface area contributed by atoms with Gasteiger partial charge in [-0.25, -0.2) is 4.39 Å². The molecule has 0 fully saturated rings. The molecule has 1 aliphatic rings. The Labute approximate surface area is 112 Å². The molecule has 0 atom stereocenters. The van der Waals surface area contributed by atoms with E-state index in [0.717, 1.165) is 19.3 Å². The number of anilines is 1. The molecule has 0 saturated carbocycles. The molecule has 0 aromatic heterocycles. The first kappa shape index (κ1) is 13.6. The number of nitrogen functional groups attached to an aromatic ring is 1. The number of amides is 1. The Balaban J connectivity index is 1.83. The highest BCUT2D eigenvalue weighted by Crippen LogP contribution is 2.19. The average Bonchev–Trinajstić information content (AvgIpc) is 2.43. The lowest BCUT2D eigenvalue weighted by Gasteiger charge is -2.13. The third-order valence-corrected chi connectivity index (χ3v) is 3.37. The SMILES string of the molecule is Nc1cc(C(=O)NCCC2=CCCCC2)ccc1F. The highest BCUT2D eigenvalue weighted by molar-refractivity contribution is 5.95. The molecular weight excluding hydrogens is 243 g/mol. The number of nitrogens with one attached hydrogen (secondary N) is 1. The minimum absolute atomic E-state index is 0.00244. The summed E-state index contributed by atoms with van der Waals surface area (Å²) < 4.78 is 13.0. The Morgan fingerprint density at radius 3 is 2.89 bits per heavy atom. The lowest BCUT2D eigenvalue weighted by Crippen LogP contribution is -2.25. The molecule has 0 aliphatic heterocycles. The fourth-order valence-electron chi connectivity index (χ4n) is 2.26. The third kappa shape index (κ3) is 3.81. The van der Waals surface area contributed by atoms with Crippen LogP contribution in [0.4, 0.5) is 10.1 Å². The summed E-state index contributed by atoms with van der Waals surface area (Å²) in [4.78, 5) is 11.8. The van der Waals surface area contributed by atoms with Crippen molar-refractivity contribution in [3.05, 3.63) is 41.2 Å². The zero-order valence-corrected chi connectivity index (χ0v) is 10.9. The van der Waals surface area contributed by atoms with E-state index >= 15 is 0 Å². The van der Waals surface area contributed by atoms with Gasteiger partial charge in [0.25, 0.3) is 5.91 Å². The summed E-state index contributed by atoms with van der Waals surface area (Å²) in [6.45, 7) is 0.613. The lowest BCUT2D eigenvalue weighted by molar-refractivity contribution is 0.0954. The van der Waals surface area contributed by atoms with Crippen LogP contribution >= 0.6 is 0 Å². The summed E-state index contributed by atoms with van der Waals surface area (Å²) in [5, 5.41) is 2.84. The highest BCUT2D eigenvalue weighted by Gasteiger charge is 2.08. The van der Waals surface area contributed by atoms with Gasteiger partial charge in [-0.05, 0) is 50.3 Å². The Hall–Kier alpha value is -1.84. The van der Waals surface area contributed by atoms with Gasteiger partial charge in [0.05, 0.1) is 5.69 Å². The van der Waals surface area contributed by atoms with Gasteiger partial charge in [-0.15, -0.1) is 0 Å². The van der Waals surface area contributed by atoms with E-state index in [-0.39, 0.29) is 11.6 Å². The summed E-state index contributed by atoms with van der Waals surface area (Å²) in [5.41, 5.74) is 7.26. The molecule has 4 heteroatoms. The first-order chi connectivity index (χ1) is 9.16. The molecule has 2 rings (SSSR count). The van der Waals surface area contributed by atoms with Crippen LogP contribution in [0.5, 0.6) is 0 Å². The number of carbonyl (C=O) groups is 1. The van der Waals surface area contributed by atoms with Gasteiger partial charge in [0.1, 0.15) is 5.82 Å². The number of benzene rings is 1. The Morgan fingerprint density at radius 1 is 1.37 bits per heavy atom. The number of carbonyl (C=O) groups excluding carboxylic acids is 1. The fraction of sp³-hybridized carbons (Fsp3) is 0.400. The minimum Gasteiger partial charge on any atom is -0.396 e. The lowest BCUT2D eigenvalue weighted by atomic mass is 9.97. The van der Waals surface area contributed by atoms with Crippen LogP contribution in [-0.2, 0) is 0 Å². The summed E-state index contributed by atoms with van der Waals surface area (Å²) in [5.74, 6) is -0.702. The van der Waals surface area contributed by atoms with Gasteiger partial charge in [-0.1, -0.05) is 11.6 Å². The first-order valence-corrected chi connectivity index (χ1v) is 6.68. The van der Waals surface area contributed by atoms with Gasteiger partial charge in [0.15, 0.2) is 0 Å². The molecular formula is C15H19FN2O. The Bertz CT molecular complexity index is 497. The standard InChI is InChI=1S/C15H19FN2O/c16-13-7-6-12(10-14(13)17)15(19)18-9-8-11-4-2-1-3-5-11/h4,6-7,10H,1-3,5,8-9,17H2,(H,18,19). The monoisotopic (exact) mass is 262 g/mol. The topological polar surface area (TPSA) is 55.1 Å². The van der Waals surface area contributed by atoms with Crippen molar-refractivity contribution in [1.82, 2.24) is 5.32 Å². The van der Waals surface area contributed by atoms with Crippen LogP contribution in [0.15, 0.2) is 29.8 Å². The predicted molar refractivity (Wildman–Crippen MR) is 74.3 cm³/mol. The zero-order chi connectivity index (χ0) is 13.7. The number of rotatable bonds is 4. The molecule has 0 bridgehead atoms. The van der Waals surface area contributed by atoms with E-state index in [1.165, 1.54) is 36.6 Å². The van der Waals surface area contributed by atoms with Crippen LogP contribution in [0.25, 0.3) is 0 Å². The molecule has 0 radical (unpaired) electrons. The van der Waals surface area contributed by atoms with Crippen LogP contribution in [0.2, 0.25) is 0 Å². The summed E-state index contributed by atoms with van der Waals surface area (Å²) in [6.07, 6.45) is 7.96. The maximum Gasteiger partial charge on any atom is 0.251 e. The largest absolute Gasteiger partial charge is 0.396 e. The van der Waals surface area contributed by atoms with E-state index in [1.54, 1.807) is 0 Å². The molecule has 0 spiro atoms. The Kier molecular flexibility index (Phi) is 4.55. The molecule has 19 heavy (non-hydrogen) atoms. The first-order valence-electron chi connectivity index (χ1n) is 6.68. The van der Waals surface area contributed by atoms with Crippen molar-refractivity contribution in [1.29, 1.82) is 0 Å². The molecule has 1 aliphatic carbocycles. The van der Waals surface area contributed by atoms with E-state index in [4.69, 9.17) is 5.73 Å². The summed E-state index contributed by atoms with van der Waals surface area (Å²) in [7, 11) is 0. The summed E-state index contributed by atoms with van der Waals surface area (Å²) in [6, 6.07) is 4.03. The number of allylic oxidation sites excluding steroid dienone is 1. The minimum atomic E-state index is -0.496. The van der Waals surface area contributed by atoms with Crippen molar-refractivity contribution in [2.75, 3.05) is 12.3 Å². The Morgan fingerprint density at radius 2 is 2.21 bits per heavy atom. The van der Waals surface area contributed by atoms with E-state index in [2.05, 4.69) is 11.4 Å². The molecule has 1 aromatic carbocycles. The van der Waals surface area contributed by atoms with Gasteiger partial charge in [-0.2, -0.15) is 0 Å². The molecule has 3 nitrogen and oxygen atoms in total. The quantitative estimate of drug-likeness (QED) is 0.647. The molecule has 0 unspecified atom stereocenters. The van der Waals surface area contributed by atoms with Crippen molar-refractivity contribution in [2.24, 2.45) is 0 Å². The average molecular weight is 262 g/mol. The maximum atomic E-state index is 13.0. The normalized spacial score (nSPS) is 14.9. The zero-order valence-electron chi connectivity index (χ0n) is 10.9. The smallest absolute Gasteiger partial charge is 0.251 e. The van der Waals surface area contributed by atoms with E-state index in [1.807, 2.05) is 0 Å². The third-order valence-electron chi connectivity index (χ3n) is 3.37. The highest BCUT2D eigenvalue weighted by atomic mass is 19.1. The van der Waals surface area contributed by atoms with Crippen LogP contribution in [0, 0.1) is 5.82 Å². The van der Waals surface area contributed by atoms with Gasteiger partial charge < -0.3 is 11.1 Å². The van der Waals surface area contributed by atoms with Crippen molar-refractivity contribution in [2.45, 2.75) is 32.1 Å². The van der Waals surface area contributed by atoms with E-state index < -0.39 is 5.82 Å². The number of halogens is 1. The maximum absolute atomic E-state index is 13.0. The van der Waals surface area contributed by atoms with Crippen LogP contribution in [0.1, 0.15) is 42.5 Å². The molecule has 0 heterocycles. The molecule has 3 N–H and O–H groups in total. The number of hydrogen-bond donors (Lipinski definition) is 2.